The third kappa shape index (κ3) is 4.50. The molecular formula is C16H16F3NO4. The first-order chi connectivity index (χ1) is 11.2. The number of ketones is 1. The van der Waals surface area contributed by atoms with E-state index in [0.717, 1.165) is 0 Å². The van der Waals surface area contributed by atoms with Gasteiger partial charge in [0, 0.05) is 17.5 Å². The van der Waals surface area contributed by atoms with Gasteiger partial charge in [0.1, 0.15) is 11.7 Å². The fourth-order valence-corrected chi connectivity index (χ4v) is 2.55. The Hall–Kier alpha value is -2.51. The lowest BCUT2D eigenvalue weighted by atomic mass is 9.82. The minimum atomic E-state index is -4.74. The number of carbonyl (C=O) groups is 2. The summed E-state index contributed by atoms with van der Waals surface area (Å²) in [5.74, 6) is -2.34. The molecular weight excluding hydrogens is 327 g/mol. The molecule has 1 aromatic rings. The zero-order chi connectivity index (χ0) is 17.9. The maximum Gasteiger partial charge on any atom is 0.573 e. The Morgan fingerprint density at radius 2 is 1.88 bits per heavy atom. The number of esters is 1. The second kappa shape index (κ2) is 6.94. The summed E-state index contributed by atoms with van der Waals surface area (Å²) in [6.07, 6.45) is -2.99. The molecule has 130 valence electrons. The Bertz CT molecular complexity index is 652. The zero-order valence-electron chi connectivity index (χ0n) is 13.0. The molecule has 0 radical (unpaired) electrons. The van der Waals surface area contributed by atoms with Gasteiger partial charge in [-0.25, -0.2) is 0 Å². The summed E-state index contributed by atoms with van der Waals surface area (Å²) >= 11 is 0. The van der Waals surface area contributed by atoms with Crippen molar-refractivity contribution in [3.8, 4) is 5.75 Å². The number of carbonyl (C=O) groups excluding carboxylic acids is 2. The van der Waals surface area contributed by atoms with E-state index in [1.807, 2.05) is 0 Å². The van der Waals surface area contributed by atoms with Crippen LogP contribution in [-0.4, -0.2) is 25.2 Å². The molecule has 0 saturated carbocycles. The van der Waals surface area contributed by atoms with Crippen LogP contribution >= 0.6 is 0 Å². The molecule has 1 N–H and O–H groups in total. The first kappa shape index (κ1) is 17.8. The predicted octanol–water partition coefficient (Wildman–Crippen LogP) is 3.28. The molecule has 2 rings (SSSR count). The van der Waals surface area contributed by atoms with Crippen LogP contribution in [0.5, 0.6) is 5.75 Å². The molecule has 1 aromatic carbocycles. The molecule has 1 aliphatic rings. The summed E-state index contributed by atoms with van der Waals surface area (Å²) in [5, 5.41) is 2.96. The third-order valence-corrected chi connectivity index (χ3v) is 3.58. The van der Waals surface area contributed by atoms with Crippen LogP contribution in [0, 0.1) is 11.8 Å². The first-order valence-corrected chi connectivity index (χ1v) is 7.14. The smallest absolute Gasteiger partial charge is 0.468 e. The third-order valence-electron chi connectivity index (χ3n) is 3.58. The van der Waals surface area contributed by atoms with Gasteiger partial charge in [0.2, 0.25) is 0 Å². The maximum atomic E-state index is 12.1. The molecule has 0 aromatic heterocycles. The van der Waals surface area contributed by atoms with Crippen LogP contribution in [0.15, 0.2) is 36.0 Å². The van der Waals surface area contributed by atoms with E-state index in [4.69, 9.17) is 0 Å². The lowest BCUT2D eigenvalue weighted by molar-refractivity contribution is -0.274. The number of allylic oxidation sites excluding steroid dienone is 2. The molecule has 0 bridgehead atoms. The number of nitrogens with one attached hydrogen (secondary N) is 1. The summed E-state index contributed by atoms with van der Waals surface area (Å²) < 4.78 is 44.7. The standard InChI is InChI=1S/C16H16F3NO4/c1-9-7-11(8-13(21)14(9)15(22)23-2)20-10-3-5-12(6-4-10)24-16(17,18)19/h3-6,8-9,14,20H,7H2,1-2H3/t9-,14+/m1/s1. The highest BCUT2D eigenvalue weighted by molar-refractivity contribution is 6.06. The van der Waals surface area contributed by atoms with E-state index in [0.29, 0.717) is 17.8 Å². The second-order valence-corrected chi connectivity index (χ2v) is 5.45. The number of hydrogen-bond donors (Lipinski definition) is 1. The maximum absolute atomic E-state index is 12.1. The van der Waals surface area contributed by atoms with Gasteiger partial charge in [0.25, 0.3) is 0 Å². The molecule has 5 nitrogen and oxygen atoms in total. The van der Waals surface area contributed by atoms with Gasteiger partial charge in [-0.1, -0.05) is 6.92 Å². The van der Waals surface area contributed by atoms with Crippen LogP contribution < -0.4 is 10.1 Å². The Kier molecular flexibility index (Phi) is 5.16. The molecule has 0 saturated heterocycles. The largest absolute Gasteiger partial charge is 0.573 e. The van der Waals surface area contributed by atoms with Crippen molar-refractivity contribution in [2.45, 2.75) is 19.7 Å². The fraction of sp³-hybridized carbons (Fsp3) is 0.375. The number of methoxy groups -OCH3 is 1. The van der Waals surface area contributed by atoms with Gasteiger partial charge in [0.15, 0.2) is 5.78 Å². The predicted molar refractivity (Wildman–Crippen MR) is 79.1 cm³/mol. The summed E-state index contributed by atoms with van der Waals surface area (Å²) in [6.45, 7) is 1.76. The van der Waals surface area contributed by atoms with Gasteiger partial charge < -0.3 is 14.8 Å². The Morgan fingerprint density at radius 1 is 1.25 bits per heavy atom. The van der Waals surface area contributed by atoms with Gasteiger partial charge in [-0.2, -0.15) is 0 Å². The minimum absolute atomic E-state index is 0.245. The van der Waals surface area contributed by atoms with Crippen molar-refractivity contribution in [3.63, 3.8) is 0 Å². The van der Waals surface area contributed by atoms with E-state index in [2.05, 4.69) is 14.8 Å². The van der Waals surface area contributed by atoms with E-state index in [1.165, 1.54) is 37.5 Å². The second-order valence-electron chi connectivity index (χ2n) is 5.45. The fourth-order valence-electron chi connectivity index (χ4n) is 2.55. The van der Waals surface area contributed by atoms with Crippen molar-refractivity contribution < 1.29 is 32.2 Å². The Morgan fingerprint density at radius 3 is 2.38 bits per heavy atom. The summed E-state index contributed by atoms with van der Waals surface area (Å²) in [7, 11) is 1.23. The van der Waals surface area contributed by atoms with Gasteiger partial charge in [-0.05, 0) is 36.6 Å². The van der Waals surface area contributed by atoms with E-state index < -0.39 is 18.2 Å². The van der Waals surface area contributed by atoms with Crippen molar-refractivity contribution in [2.75, 3.05) is 12.4 Å². The quantitative estimate of drug-likeness (QED) is 0.671. The van der Waals surface area contributed by atoms with Gasteiger partial charge in [-0.3, -0.25) is 9.59 Å². The van der Waals surface area contributed by atoms with E-state index >= 15 is 0 Å². The topological polar surface area (TPSA) is 64.6 Å². The number of ether oxygens (including phenoxy) is 2. The van der Waals surface area contributed by atoms with Crippen molar-refractivity contribution in [3.05, 3.63) is 36.0 Å². The molecule has 0 aliphatic heterocycles. The number of halogens is 3. The highest BCUT2D eigenvalue weighted by atomic mass is 19.4. The Labute approximate surface area is 136 Å². The van der Waals surface area contributed by atoms with E-state index in [-0.39, 0.29) is 17.5 Å². The van der Waals surface area contributed by atoms with Crippen molar-refractivity contribution in [1.82, 2.24) is 0 Å². The number of rotatable bonds is 4. The lowest BCUT2D eigenvalue weighted by Crippen LogP contribution is -2.34. The lowest BCUT2D eigenvalue weighted by Gasteiger charge is -2.26. The van der Waals surface area contributed by atoms with Gasteiger partial charge in [0.05, 0.1) is 7.11 Å². The van der Waals surface area contributed by atoms with E-state index in [9.17, 15) is 22.8 Å². The summed E-state index contributed by atoms with van der Waals surface area (Å²) in [5.41, 5.74) is 1.09. The highest BCUT2D eigenvalue weighted by Crippen LogP contribution is 2.30. The van der Waals surface area contributed by atoms with E-state index in [1.54, 1.807) is 6.92 Å². The normalized spacial score (nSPS) is 21.0. The van der Waals surface area contributed by atoms with Crippen molar-refractivity contribution >= 4 is 17.4 Å². The number of alkyl halides is 3. The zero-order valence-corrected chi connectivity index (χ0v) is 13.0. The van der Waals surface area contributed by atoms with Gasteiger partial charge in [-0.15, -0.1) is 13.2 Å². The molecule has 0 fully saturated rings. The van der Waals surface area contributed by atoms with Gasteiger partial charge >= 0.3 is 12.3 Å². The molecule has 0 amide bonds. The molecule has 0 spiro atoms. The summed E-state index contributed by atoms with van der Waals surface area (Å²) in [4.78, 5) is 23.7. The molecule has 24 heavy (non-hydrogen) atoms. The monoisotopic (exact) mass is 343 g/mol. The van der Waals surface area contributed by atoms with Crippen LogP contribution in [0.4, 0.5) is 18.9 Å². The Balaban J connectivity index is 2.06. The average Bonchev–Trinajstić information content (AvgIpc) is 2.47. The molecule has 2 atom stereocenters. The van der Waals surface area contributed by atoms with Crippen LogP contribution in [0.3, 0.4) is 0 Å². The first-order valence-electron chi connectivity index (χ1n) is 7.14. The van der Waals surface area contributed by atoms with Crippen molar-refractivity contribution in [1.29, 1.82) is 0 Å². The molecule has 0 unspecified atom stereocenters. The SMILES string of the molecule is COC(=O)[C@@H]1C(=O)C=C(Nc2ccc(OC(F)(F)F)cc2)C[C@H]1C. The number of hydrogen-bond acceptors (Lipinski definition) is 5. The van der Waals surface area contributed by atoms with Crippen LogP contribution in [0.1, 0.15) is 13.3 Å². The van der Waals surface area contributed by atoms with Crippen LogP contribution in [0.2, 0.25) is 0 Å². The number of anilines is 1. The molecule has 0 heterocycles. The number of benzene rings is 1. The highest BCUT2D eigenvalue weighted by Gasteiger charge is 2.36. The molecule has 8 heteroatoms. The average molecular weight is 343 g/mol. The van der Waals surface area contributed by atoms with Crippen molar-refractivity contribution in [2.24, 2.45) is 11.8 Å². The molecule has 1 aliphatic carbocycles. The van der Waals surface area contributed by atoms with Crippen LogP contribution in [0.25, 0.3) is 0 Å². The summed E-state index contributed by atoms with van der Waals surface area (Å²) in [6, 6.07) is 5.15. The minimum Gasteiger partial charge on any atom is -0.468 e. The van der Waals surface area contributed by atoms with Crippen LogP contribution in [-0.2, 0) is 14.3 Å².